The maximum atomic E-state index is 11.2. The molecule has 106 valence electrons. The lowest BCUT2D eigenvalue weighted by Gasteiger charge is -2.36. The van der Waals surface area contributed by atoms with Crippen molar-refractivity contribution in [1.82, 2.24) is 4.98 Å². The number of hydrogen-bond acceptors (Lipinski definition) is 6. The van der Waals surface area contributed by atoms with Gasteiger partial charge in [0.25, 0.3) is 0 Å². The molecule has 1 aliphatic rings. The Morgan fingerprint density at radius 2 is 2.37 bits per heavy atom. The predicted octanol–water partition coefficient (Wildman–Crippen LogP) is 1.60. The van der Waals surface area contributed by atoms with Crippen molar-refractivity contribution in [1.29, 1.82) is 0 Å². The third kappa shape index (κ3) is 3.05. The summed E-state index contributed by atoms with van der Waals surface area (Å²) in [7, 11) is 1.53. The van der Waals surface area contributed by atoms with Gasteiger partial charge < -0.3 is 19.5 Å². The van der Waals surface area contributed by atoms with Gasteiger partial charge in [-0.1, -0.05) is 11.3 Å². The van der Waals surface area contributed by atoms with Crippen LogP contribution in [0.5, 0.6) is 0 Å². The molecule has 1 aromatic heterocycles. The van der Waals surface area contributed by atoms with Crippen molar-refractivity contribution in [3.63, 3.8) is 0 Å². The lowest BCUT2D eigenvalue weighted by molar-refractivity contribution is 0.0343. The summed E-state index contributed by atoms with van der Waals surface area (Å²) in [6.45, 7) is 5.61. The number of hydrogen-bond donors (Lipinski definition) is 1. The second-order valence-electron chi connectivity index (χ2n) is 4.66. The average molecular weight is 286 g/mol. The van der Waals surface area contributed by atoms with E-state index in [4.69, 9.17) is 9.47 Å². The van der Waals surface area contributed by atoms with Gasteiger partial charge in [0.2, 0.25) is 0 Å². The number of morpholine rings is 1. The molecule has 0 radical (unpaired) electrons. The van der Waals surface area contributed by atoms with E-state index in [0.29, 0.717) is 12.3 Å². The van der Waals surface area contributed by atoms with Crippen LogP contribution in [0.3, 0.4) is 0 Å². The Bertz CT molecular complexity index is 463. The zero-order valence-corrected chi connectivity index (χ0v) is 12.1. The van der Waals surface area contributed by atoms with E-state index in [2.05, 4.69) is 9.88 Å². The number of thiazole rings is 1. The zero-order valence-electron chi connectivity index (χ0n) is 11.3. The summed E-state index contributed by atoms with van der Waals surface area (Å²) in [5, 5.41) is 9.92. The molecule has 2 rings (SSSR count). The molecule has 1 aliphatic heterocycles. The molecule has 2 unspecified atom stereocenters. The minimum atomic E-state index is -0.954. The molecule has 0 saturated carbocycles. The largest absolute Gasteiger partial charge is 0.477 e. The van der Waals surface area contributed by atoms with Crippen molar-refractivity contribution >= 4 is 22.4 Å². The molecule has 2 heterocycles. The average Bonchev–Trinajstić information content (AvgIpc) is 2.77. The third-order valence-corrected chi connectivity index (χ3v) is 4.14. The number of methoxy groups -OCH3 is 1. The van der Waals surface area contributed by atoms with Crippen LogP contribution in [0.25, 0.3) is 0 Å². The van der Waals surface area contributed by atoms with Crippen LogP contribution in [0.1, 0.15) is 29.2 Å². The summed E-state index contributed by atoms with van der Waals surface area (Å²) in [5.74, 6) is -0.954. The maximum Gasteiger partial charge on any atom is 0.347 e. The lowest BCUT2D eigenvalue weighted by Crippen LogP contribution is -2.47. The van der Waals surface area contributed by atoms with Crippen molar-refractivity contribution in [3.8, 4) is 0 Å². The Labute approximate surface area is 116 Å². The summed E-state index contributed by atoms with van der Waals surface area (Å²) < 4.78 is 10.6. The van der Waals surface area contributed by atoms with Gasteiger partial charge >= 0.3 is 5.97 Å². The summed E-state index contributed by atoms with van der Waals surface area (Å²) in [6.07, 6.45) is 0.124. The fourth-order valence-corrected chi connectivity index (χ4v) is 3.05. The number of carboxylic acid groups (broad SMARTS) is 1. The Hall–Kier alpha value is -1.18. The van der Waals surface area contributed by atoms with Gasteiger partial charge in [-0.2, -0.15) is 0 Å². The lowest BCUT2D eigenvalue weighted by atomic mass is 10.2. The molecule has 1 N–H and O–H groups in total. The Balaban J connectivity index is 2.28. The van der Waals surface area contributed by atoms with Crippen molar-refractivity contribution in [2.75, 3.05) is 25.2 Å². The molecule has 19 heavy (non-hydrogen) atoms. The minimum absolute atomic E-state index is 0.124. The molecule has 0 aromatic carbocycles. The molecule has 7 heteroatoms. The Morgan fingerprint density at radius 3 is 3.00 bits per heavy atom. The molecule has 1 fully saturated rings. The first kappa shape index (κ1) is 14.2. The van der Waals surface area contributed by atoms with E-state index in [-0.39, 0.29) is 23.6 Å². The molecule has 6 nitrogen and oxygen atoms in total. The van der Waals surface area contributed by atoms with Crippen molar-refractivity contribution in [3.05, 3.63) is 10.6 Å². The summed E-state index contributed by atoms with van der Waals surface area (Å²) >= 11 is 1.20. The molecular formula is C12H18N2O4S. The molecule has 1 aromatic rings. The van der Waals surface area contributed by atoms with Gasteiger partial charge in [-0.3, -0.25) is 0 Å². The van der Waals surface area contributed by atoms with E-state index in [1.165, 1.54) is 18.4 Å². The summed E-state index contributed by atoms with van der Waals surface area (Å²) in [4.78, 5) is 18.0. The second kappa shape index (κ2) is 5.85. The van der Waals surface area contributed by atoms with Crippen molar-refractivity contribution in [2.24, 2.45) is 0 Å². The van der Waals surface area contributed by atoms with Gasteiger partial charge in [-0.15, -0.1) is 0 Å². The molecule has 1 saturated heterocycles. The van der Waals surface area contributed by atoms with E-state index in [0.717, 1.165) is 11.7 Å². The molecular weight excluding hydrogens is 268 g/mol. The molecule has 0 aliphatic carbocycles. The summed E-state index contributed by atoms with van der Waals surface area (Å²) in [5.41, 5.74) is 0.487. The van der Waals surface area contributed by atoms with E-state index in [1.54, 1.807) is 0 Å². The van der Waals surface area contributed by atoms with Crippen LogP contribution in [-0.2, 0) is 16.1 Å². The standard InChI is InChI=1S/C12H18N2O4S/c1-7-5-18-8(2)4-14(7)12-13-9(6-17-3)10(19-12)11(15)16/h7-8H,4-6H2,1-3H3,(H,15,16). The highest BCUT2D eigenvalue weighted by atomic mass is 32.1. The van der Waals surface area contributed by atoms with Crippen LogP contribution in [0.15, 0.2) is 0 Å². The van der Waals surface area contributed by atoms with E-state index < -0.39 is 5.97 Å². The molecule has 2 atom stereocenters. The Morgan fingerprint density at radius 1 is 1.63 bits per heavy atom. The SMILES string of the molecule is COCc1nc(N2CC(C)OCC2C)sc1C(=O)O. The fraction of sp³-hybridized carbons (Fsp3) is 0.667. The quantitative estimate of drug-likeness (QED) is 0.906. The Kier molecular flexibility index (Phi) is 4.38. The number of rotatable bonds is 4. The smallest absolute Gasteiger partial charge is 0.347 e. The predicted molar refractivity (Wildman–Crippen MR) is 72.0 cm³/mol. The number of nitrogens with zero attached hydrogens (tertiary/aromatic N) is 2. The van der Waals surface area contributed by atoms with Crippen LogP contribution in [-0.4, -0.2) is 48.5 Å². The first-order valence-corrected chi connectivity index (χ1v) is 6.94. The topological polar surface area (TPSA) is 71.9 Å². The van der Waals surface area contributed by atoms with Crippen molar-refractivity contribution < 1.29 is 19.4 Å². The van der Waals surface area contributed by atoms with Crippen LogP contribution in [0.4, 0.5) is 5.13 Å². The summed E-state index contributed by atoms with van der Waals surface area (Å²) in [6, 6.07) is 0.194. The van der Waals surface area contributed by atoms with Crippen LogP contribution >= 0.6 is 11.3 Å². The third-order valence-electron chi connectivity index (χ3n) is 3.01. The van der Waals surface area contributed by atoms with Gasteiger partial charge in [0.1, 0.15) is 4.88 Å². The number of carbonyl (C=O) groups is 1. The van der Waals surface area contributed by atoms with Gasteiger partial charge in [-0.05, 0) is 13.8 Å². The first-order valence-electron chi connectivity index (χ1n) is 6.13. The molecule has 0 amide bonds. The van der Waals surface area contributed by atoms with Crippen molar-refractivity contribution in [2.45, 2.75) is 32.6 Å². The molecule has 0 spiro atoms. The van der Waals surface area contributed by atoms with E-state index in [1.807, 2.05) is 13.8 Å². The van der Waals surface area contributed by atoms with Gasteiger partial charge in [-0.25, -0.2) is 9.78 Å². The number of ether oxygens (including phenoxy) is 2. The van der Waals surface area contributed by atoms with Crippen LogP contribution < -0.4 is 4.90 Å². The molecule has 0 bridgehead atoms. The number of aromatic nitrogens is 1. The van der Waals surface area contributed by atoms with Gasteiger partial charge in [0, 0.05) is 13.7 Å². The van der Waals surface area contributed by atoms with Crippen LogP contribution in [0.2, 0.25) is 0 Å². The van der Waals surface area contributed by atoms with Gasteiger partial charge in [0.15, 0.2) is 5.13 Å². The minimum Gasteiger partial charge on any atom is -0.477 e. The second-order valence-corrected chi connectivity index (χ2v) is 5.63. The van der Waals surface area contributed by atoms with Gasteiger partial charge in [0.05, 0.1) is 31.1 Å². The number of anilines is 1. The fourth-order valence-electron chi connectivity index (χ4n) is 2.03. The van der Waals surface area contributed by atoms with E-state index in [9.17, 15) is 9.90 Å². The highest BCUT2D eigenvalue weighted by Crippen LogP contribution is 2.30. The maximum absolute atomic E-state index is 11.2. The van der Waals surface area contributed by atoms with Crippen LogP contribution in [0, 0.1) is 0 Å². The monoisotopic (exact) mass is 286 g/mol. The van der Waals surface area contributed by atoms with E-state index >= 15 is 0 Å². The number of aromatic carboxylic acids is 1. The number of carboxylic acids is 1. The first-order chi connectivity index (χ1) is 9.02. The highest BCUT2D eigenvalue weighted by Gasteiger charge is 2.28. The highest BCUT2D eigenvalue weighted by molar-refractivity contribution is 7.17. The normalized spacial score (nSPS) is 23.6. The zero-order chi connectivity index (χ0) is 14.0.